The minimum absolute atomic E-state index is 0.209. The Kier molecular flexibility index (Phi) is 5.93. The third-order valence-corrected chi connectivity index (χ3v) is 5.29. The number of carbonyl (C=O) groups excluding carboxylic acids is 1. The smallest absolute Gasteiger partial charge is 0.255 e. The molecule has 1 aliphatic heterocycles. The molecule has 1 N–H and O–H groups in total. The van der Waals surface area contributed by atoms with E-state index in [9.17, 15) is 4.79 Å². The number of benzene rings is 2. The van der Waals surface area contributed by atoms with Gasteiger partial charge in [0.1, 0.15) is 6.61 Å². The number of ether oxygens (including phenoxy) is 3. The Bertz CT molecular complexity index is 1090. The van der Waals surface area contributed by atoms with Crippen LogP contribution in [0, 0.1) is 0 Å². The van der Waals surface area contributed by atoms with E-state index < -0.39 is 0 Å². The Morgan fingerprint density at radius 2 is 2.06 bits per heavy atom. The first kappa shape index (κ1) is 20.5. The number of likely N-dealkylation sites (N-methyl/N-ethyl adjacent to an activating group) is 1. The van der Waals surface area contributed by atoms with Crippen LogP contribution in [0.2, 0.25) is 0 Å². The van der Waals surface area contributed by atoms with E-state index in [0.29, 0.717) is 36.0 Å². The lowest BCUT2D eigenvalue weighted by molar-refractivity contribution is 0.0946. The van der Waals surface area contributed by atoms with Gasteiger partial charge >= 0.3 is 0 Å². The van der Waals surface area contributed by atoms with Crippen LogP contribution in [-0.4, -0.2) is 45.3 Å². The van der Waals surface area contributed by atoms with Crippen molar-refractivity contribution in [1.82, 2.24) is 10.3 Å². The summed E-state index contributed by atoms with van der Waals surface area (Å²) in [5.41, 5.74) is 3.95. The first-order valence-corrected chi connectivity index (χ1v) is 10.0. The lowest BCUT2D eigenvalue weighted by Gasteiger charge is -2.30. The molecule has 0 bridgehead atoms. The molecule has 160 valence electrons. The Morgan fingerprint density at radius 3 is 2.81 bits per heavy atom. The van der Waals surface area contributed by atoms with Gasteiger partial charge in [-0.2, -0.15) is 0 Å². The molecule has 1 amide bonds. The first-order chi connectivity index (χ1) is 15.1. The van der Waals surface area contributed by atoms with E-state index in [1.807, 2.05) is 49.5 Å². The SMILES string of the molecule is COc1cccc(-c2cc(C(=O)NCc3cccnc3)c3c(c2)N(C)CCO3)c1OC. The van der Waals surface area contributed by atoms with Crippen LogP contribution in [0.25, 0.3) is 11.1 Å². The summed E-state index contributed by atoms with van der Waals surface area (Å²) in [6.07, 6.45) is 3.44. The molecule has 31 heavy (non-hydrogen) atoms. The number of hydrogen-bond acceptors (Lipinski definition) is 6. The van der Waals surface area contributed by atoms with Gasteiger partial charge < -0.3 is 24.4 Å². The molecule has 7 nitrogen and oxygen atoms in total. The van der Waals surface area contributed by atoms with E-state index in [1.165, 1.54) is 0 Å². The predicted molar refractivity (Wildman–Crippen MR) is 119 cm³/mol. The van der Waals surface area contributed by atoms with Gasteiger partial charge in [-0.3, -0.25) is 9.78 Å². The molecule has 3 aromatic rings. The summed E-state index contributed by atoms with van der Waals surface area (Å²) in [5, 5.41) is 2.98. The number of para-hydroxylation sites is 1. The van der Waals surface area contributed by atoms with Crippen molar-refractivity contribution >= 4 is 11.6 Å². The third-order valence-electron chi connectivity index (χ3n) is 5.29. The Balaban J connectivity index is 1.77. The molecule has 7 heteroatoms. The number of amides is 1. The molecule has 0 atom stereocenters. The van der Waals surface area contributed by atoms with Crippen LogP contribution >= 0.6 is 0 Å². The molecule has 0 aliphatic carbocycles. The average Bonchev–Trinajstić information content (AvgIpc) is 2.82. The van der Waals surface area contributed by atoms with Crippen molar-refractivity contribution in [3.05, 3.63) is 66.0 Å². The lowest BCUT2D eigenvalue weighted by atomic mass is 9.98. The highest BCUT2D eigenvalue weighted by atomic mass is 16.5. The van der Waals surface area contributed by atoms with Crippen molar-refractivity contribution in [2.45, 2.75) is 6.54 Å². The molecule has 0 saturated heterocycles. The average molecular weight is 419 g/mol. The maximum Gasteiger partial charge on any atom is 0.255 e. The van der Waals surface area contributed by atoms with Gasteiger partial charge in [0, 0.05) is 31.5 Å². The molecule has 2 heterocycles. The van der Waals surface area contributed by atoms with Gasteiger partial charge in [-0.1, -0.05) is 18.2 Å². The van der Waals surface area contributed by atoms with Crippen molar-refractivity contribution in [3.8, 4) is 28.4 Å². The Hall–Kier alpha value is -3.74. The number of fused-ring (bicyclic) bond motifs is 1. The zero-order valence-electron chi connectivity index (χ0n) is 17.8. The quantitative estimate of drug-likeness (QED) is 0.659. The summed E-state index contributed by atoms with van der Waals surface area (Å²) in [4.78, 5) is 19.4. The zero-order chi connectivity index (χ0) is 21.8. The maximum atomic E-state index is 13.2. The summed E-state index contributed by atoms with van der Waals surface area (Å²) in [7, 11) is 5.20. The standard InChI is InChI=1S/C24H25N3O4/c1-27-10-11-31-22-19(24(28)26-15-16-6-5-9-25-14-16)12-17(13-20(22)27)18-7-4-8-21(29-2)23(18)30-3/h4-9,12-14H,10-11,15H2,1-3H3,(H,26,28). The van der Waals surface area contributed by atoms with Crippen molar-refractivity contribution in [1.29, 1.82) is 0 Å². The monoisotopic (exact) mass is 419 g/mol. The minimum Gasteiger partial charge on any atom is -0.493 e. The van der Waals surface area contributed by atoms with E-state index in [0.717, 1.165) is 28.9 Å². The highest BCUT2D eigenvalue weighted by Crippen LogP contribution is 2.43. The van der Waals surface area contributed by atoms with Crippen LogP contribution in [0.3, 0.4) is 0 Å². The molecule has 0 spiro atoms. The van der Waals surface area contributed by atoms with E-state index in [4.69, 9.17) is 14.2 Å². The van der Waals surface area contributed by atoms with E-state index in [1.54, 1.807) is 26.6 Å². The van der Waals surface area contributed by atoms with Crippen molar-refractivity contribution in [2.75, 3.05) is 39.3 Å². The summed E-state index contributed by atoms with van der Waals surface area (Å²) >= 11 is 0. The molecule has 0 saturated carbocycles. The number of pyridine rings is 1. The van der Waals surface area contributed by atoms with E-state index >= 15 is 0 Å². The fourth-order valence-corrected chi connectivity index (χ4v) is 3.67. The normalized spacial score (nSPS) is 12.5. The second kappa shape index (κ2) is 8.95. The highest BCUT2D eigenvalue weighted by Gasteiger charge is 2.25. The molecule has 0 radical (unpaired) electrons. The molecule has 2 aromatic carbocycles. The lowest BCUT2D eigenvalue weighted by Crippen LogP contribution is -2.31. The fourth-order valence-electron chi connectivity index (χ4n) is 3.67. The Labute approximate surface area is 181 Å². The number of rotatable bonds is 6. The summed E-state index contributed by atoms with van der Waals surface area (Å²) in [5.74, 6) is 1.62. The minimum atomic E-state index is -0.209. The van der Waals surface area contributed by atoms with Crippen LogP contribution in [0.1, 0.15) is 15.9 Å². The number of nitrogens with one attached hydrogen (secondary N) is 1. The van der Waals surface area contributed by atoms with Crippen LogP contribution in [0.5, 0.6) is 17.2 Å². The van der Waals surface area contributed by atoms with Crippen LogP contribution < -0.4 is 24.4 Å². The molecular weight excluding hydrogens is 394 g/mol. The molecule has 1 aliphatic rings. The fraction of sp³-hybridized carbons (Fsp3) is 0.250. The van der Waals surface area contributed by atoms with Gasteiger partial charge in [0.05, 0.1) is 32.0 Å². The van der Waals surface area contributed by atoms with Crippen LogP contribution in [0.15, 0.2) is 54.9 Å². The number of anilines is 1. The second-order valence-corrected chi connectivity index (χ2v) is 7.23. The van der Waals surface area contributed by atoms with Gasteiger partial charge in [-0.15, -0.1) is 0 Å². The predicted octanol–water partition coefficient (Wildman–Crippen LogP) is 3.52. The number of aromatic nitrogens is 1. The maximum absolute atomic E-state index is 13.2. The van der Waals surface area contributed by atoms with Crippen molar-refractivity contribution < 1.29 is 19.0 Å². The molecule has 0 fully saturated rings. The molecule has 1 aromatic heterocycles. The zero-order valence-corrected chi connectivity index (χ0v) is 17.8. The summed E-state index contributed by atoms with van der Waals surface area (Å²) in [6, 6.07) is 13.3. The molecule has 4 rings (SSSR count). The number of hydrogen-bond donors (Lipinski definition) is 1. The van der Waals surface area contributed by atoms with Gasteiger partial charge in [0.2, 0.25) is 0 Å². The van der Waals surface area contributed by atoms with Gasteiger partial charge in [-0.05, 0) is 35.4 Å². The second-order valence-electron chi connectivity index (χ2n) is 7.23. The first-order valence-electron chi connectivity index (χ1n) is 10.0. The van der Waals surface area contributed by atoms with Gasteiger partial charge in [0.25, 0.3) is 5.91 Å². The molecular formula is C24H25N3O4. The third kappa shape index (κ3) is 4.12. The van der Waals surface area contributed by atoms with E-state index in [2.05, 4.69) is 15.2 Å². The summed E-state index contributed by atoms with van der Waals surface area (Å²) in [6.45, 7) is 1.64. The largest absolute Gasteiger partial charge is 0.493 e. The topological polar surface area (TPSA) is 72.9 Å². The Morgan fingerprint density at radius 1 is 1.19 bits per heavy atom. The summed E-state index contributed by atoms with van der Waals surface area (Å²) < 4.78 is 17.0. The van der Waals surface area contributed by atoms with Crippen LogP contribution in [-0.2, 0) is 6.54 Å². The number of nitrogens with zero attached hydrogens (tertiary/aromatic N) is 2. The highest BCUT2D eigenvalue weighted by molar-refractivity contribution is 6.01. The molecule has 0 unspecified atom stereocenters. The van der Waals surface area contributed by atoms with Gasteiger partial charge in [-0.25, -0.2) is 0 Å². The number of carbonyl (C=O) groups is 1. The number of methoxy groups -OCH3 is 2. The van der Waals surface area contributed by atoms with Crippen LogP contribution in [0.4, 0.5) is 5.69 Å². The van der Waals surface area contributed by atoms with E-state index in [-0.39, 0.29) is 5.91 Å². The van der Waals surface area contributed by atoms with Gasteiger partial charge in [0.15, 0.2) is 17.2 Å². The van der Waals surface area contributed by atoms with Crippen molar-refractivity contribution in [3.63, 3.8) is 0 Å². The van der Waals surface area contributed by atoms with Crippen molar-refractivity contribution in [2.24, 2.45) is 0 Å².